The average Bonchev–Trinajstić information content (AvgIpc) is 2.85. The van der Waals surface area contributed by atoms with Crippen molar-refractivity contribution >= 4 is 17.0 Å². The van der Waals surface area contributed by atoms with Crippen molar-refractivity contribution in [2.45, 2.75) is 13.0 Å². The third-order valence-electron chi connectivity index (χ3n) is 3.55. The lowest BCUT2D eigenvalue weighted by Gasteiger charge is -2.06. The van der Waals surface area contributed by atoms with Crippen LogP contribution < -0.4 is 11.1 Å². The highest BCUT2D eigenvalue weighted by Crippen LogP contribution is 2.11. The van der Waals surface area contributed by atoms with Gasteiger partial charge in [0.25, 0.3) is 0 Å². The molecule has 0 atom stereocenters. The number of nitrogens with zero attached hydrogens (tertiary/aromatic N) is 1. The van der Waals surface area contributed by atoms with E-state index < -0.39 is 5.76 Å². The van der Waals surface area contributed by atoms with Crippen LogP contribution in [0.2, 0.25) is 0 Å². The Balaban J connectivity index is 1.62. The van der Waals surface area contributed by atoms with Gasteiger partial charge in [0, 0.05) is 6.54 Å². The van der Waals surface area contributed by atoms with Crippen LogP contribution in [0.1, 0.15) is 5.56 Å². The Bertz CT molecular complexity index is 898. The molecule has 0 aliphatic carbocycles. The molecule has 5 nitrogen and oxygen atoms in total. The highest BCUT2D eigenvalue weighted by atomic mass is 19.1. The van der Waals surface area contributed by atoms with Crippen LogP contribution >= 0.6 is 0 Å². The number of hydrogen-bond acceptors (Lipinski definition) is 3. The topological polar surface area (TPSA) is 64.2 Å². The second kappa shape index (κ2) is 6.48. The Hall–Kier alpha value is -2.89. The molecule has 0 unspecified atom stereocenters. The number of carbonyl (C=O) groups excluding carboxylic acids is 1. The number of aromatic nitrogens is 1. The number of carbonyl (C=O) groups is 1. The third-order valence-corrected chi connectivity index (χ3v) is 3.55. The number of benzene rings is 2. The number of hydrogen-bond donors (Lipinski definition) is 1. The van der Waals surface area contributed by atoms with Gasteiger partial charge in [-0.1, -0.05) is 30.3 Å². The number of oxazole rings is 1. The highest BCUT2D eigenvalue weighted by molar-refractivity contribution is 5.79. The lowest BCUT2D eigenvalue weighted by molar-refractivity contribution is -0.121. The lowest BCUT2D eigenvalue weighted by Crippen LogP contribution is -2.32. The van der Waals surface area contributed by atoms with Crippen molar-refractivity contribution in [3.8, 4) is 0 Å². The van der Waals surface area contributed by atoms with Crippen molar-refractivity contribution in [2.24, 2.45) is 0 Å². The summed E-state index contributed by atoms with van der Waals surface area (Å²) in [6, 6.07) is 13.3. The number of para-hydroxylation sites is 2. The van der Waals surface area contributed by atoms with Crippen LogP contribution in [0.15, 0.2) is 57.7 Å². The number of fused-ring (bicyclic) bond motifs is 1. The summed E-state index contributed by atoms with van der Waals surface area (Å²) in [4.78, 5) is 23.8. The molecule has 0 radical (unpaired) electrons. The fourth-order valence-electron chi connectivity index (χ4n) is 2.40. The van der Waals surface area contributed by atoms with E-state index in [9.17, 15) is 14.0 Å². The average molecular weight is 314 g/mol. The smallest absolute Gasteiger partial charge is 0.408 e. The molecular formula is C17H15FN2O3. The molecule has 6 heteroatoms. The Kier molecular flexibility index (Phi) is 4.23. The van der Waals surface area contributed by atoms with Crippen molar-refractivity contribution in [2.75, 3.05) is 6.54 Å². The quantitative estimate of drug-likeness (QED) is 0.784. The Morgan fingerprint density at radius 1 is 1.13 bits per heavy atom. The molecule has 1 amide bonds. The van der Waals surface area contributed by atoms with E-state index in [1.54, 1.807) is 42.5 Å². The molecule has 2 aromatic carbocycles. The first-order valence-corrected chi connectivity index (χ1v) is 7.23. The van der Waals surface area contributed by atoms with Crippen molar-refractivity contribution in [3.63, 3.8) is 0 Å². The van der Waals surface area contributed by atoms with Gasteiger partial charge in [0.1, 0.15) is 12.4 Å². The fraction of sp³-hybridized carbons (Fsp3) is 0.176. The van der Waals surface area contributed by atoms with Crippen LogP contribution in [0, 0.1) is 5.82 Å². The molecule has 1 aromatic heterocycles. The monoisotopic (exact) mass is 314 g/mol. The van der Waals surface area contributed by atoms with Gasteiger partial charge in [-0.25, -0.2) is 9.18 Å². The number of amides is 1. The minimum atomic E-state index is -0.574. The molecular weight excluding hydrogens is 299 g/mol. The van der Waals surface area contributed by atoms with Crippen molar-refractivity contribution < 1.29 is 13.6 Å². The zero-order valence-electron chi connectivity index (χ0n) is 12.3. The van der Waals surface area contributed by atoms with Crippen molar-refractivity contribution in [3.05, 3.63) is 70.5 Å². The van der Waals surface area contributed by atoms with Gasteiger partial charge < -0.3 is 9.73 Å². The van der Waals surface area contributed by atoms with E-state index in [-0.39, 0.29) is 18.3 Å². The Morgan fingerprint density at radius 3 is 2.70 bits per heavy atom. The van der Waals surface area contributed by atoms with Crippen LogP contribution in [-0.4, -0.2) is 17.0 Å². The maximum atomic E-state index is 13.5. The van der Waals surface area contributed by atoms with Crippen molar-refractivity contribution in [1.82, 2.24) is 9.88 Å². The zero-order chi connectivity index (χ0) is 16.2. The molecule has 1 N–H and O–H groups in total. The molecule has 0 bridgehead atoms. The van der Waals surface area contributed by atoms with E-state index in [4.69, 9.17) is 4.42 Å². The van der Waals surface area contributed by atoms with Crippen LogP contribution in [-0.2, 0) is 17.8 Å². The second-order valence-electron chi connectivity index (χ2n) is 5.11. The Labute approximate surface area is 131 Å². The van der Waals surface area contributed by atoms with Gasteiger partial charge in [0.2, 0.25) is 5.91 Å². The zero-order valence-corrected chi connectivity index (χ0v) is 12.3. The third kappa shape index (κ3) is 3.31. The minimum absolute atomic E-state index is 0.132. The van der Waals surface area contributed by atoms with Gasteiger partial charge in [-0.3, -0.25) is 9.36 Å². The van der Waals surface area contributed by atoms with E-state index in [0.717, 1.165) is 0 Å². The maximum Gasteiger partial charge on any atom is 0.420 e. The maximum absolute atomic E-state index is 13.5. The van der Waals surface area contributed by atoms with E-state index in [2.05, 4.69) is 5.32 Å². The molecule has 3 aromatic rings. The van der Waals surface area contributed by atoms with Crippen LogP contribution in [0.4, 0.5) is 4.39 Å². The standard InChI is InChI=1S/C17H15FN2O3/c18-13-6-2-1-5-12(13)9-10-19-16(21)11-20-14-7-3-4-8-15(14)23-17(20)22/h1-8H,9-11H2,(H,19,21). The largest absolute Gasteiger partial charge is 0.420 e. The molecule has 23 heavy (non-hydrogen) atoms. The molecule has 118 valence electrons. The summed E-state index contributed by atoms with van der Waals surface area (Å²) in [5, 5.41) is 2.68. The lowest BCUT2D eigenvalue weighted by atomic mass is 10.1. The normalized spacial score (nSPS) is 10.8. The predicted molar refractivity (Wildman–Crippen MR) is 83.6 cm³/mol. The molecule has 3 rings (SSSR count). The minimum Gasteiger partial charge on any atom is -0.408 e. The summed E-state index contributed by atoms with van der Waals surface area (Å²) in [5.74, 6) is -1.19. The van der Waals surface area contributed by atoms with E-state index in [1.807, 2.05) is 0 Å². The first-order chi connectivity index (χ1) is 11.1. The molecule has 0 fully saturated rings. The summed E-state index contributed by atoms with van der Waals surface area (Å²) in [6.07, 6.45) is 0.388. The summed E-state index contributed by atoms with van der Waals surface area (Å²) >= 11 is 0. The van der Waals surface area contributed by atoms with Crippen LogP contribution in [0.25, 0.3) is 11.1 Å². The molecule has 0 saturated heterocycles. The van der Waals surface area contributed by atoms with Crippen molar-refractivity contribution in [1.29, 1.82) is 0 Å². The molecule has 0 spiro atoms. The van der Waals surface area contributed by atoms with Crippen LogP contribution in [0.3, 0.4) is 0 Å². The van der Waals surface area contributed by atoms with Crippen LogP contribution in [0.5, 0.6) is 0 Å². The number of rotatable bonds is 5. The van der Waals surface area contributed by atoms with Gasteiger partial charge in [-0.15, -0.1) is 0 Å². The summed E-state index contributed by atoms with van der Waals surface area (Å²) in [6.45, 7) is 0.164. The van der Waals surface area contributed by atoms with E-state index in [0.29, 0.717) is 29.6 Å². The first-order valence-electron chi connectivity index (χ1n) is 7.23. The van der Waals surface area contributed by atoms with Gasteiger partial charge in [0.15, 0.2) is 5.58 Å². The van der Waals surface area contributed by atoms with Gasteiger partial charge in [-0.2, -0.15) is 0 Å². The van der Waals surface area contributed by atoms with Gasteiger partial charge >= 0.3 is 5.76 Å². The van der Waals surface area contributed by atoms with Gasteiger partial charge in [-0.05, 0) is 30.2 Å². The number of halogens is 1. The molecule has 0 saturated carbocycles. The Morgan fingerprint density at radius 2 is 1.87 bits per heavy atom. The highest BCUT2D eigenvalue weighted by Gasteiger charge is 2.12. The summed E-state index contributed by atoms with van der Waals surface area (Å²) in [7, 11) is 0. The second-order valence-corrected chi connectivity index (χ2v) is 5.11. The van der Waals surface area contributed by atoms with E-state index >= 15 is 0 Å². The fourth-order valence-corrected chi connectivity index (χ4v) is 2.40. The number of nitrogens with one attached hydrogen (secondary N) is 1. The molecule has 0 aliphatic heterocycles. The molecule has 0 aliphatic rings. The predicted octanol–water partition coefficient (Wildman–Crippen LogP) is 2.09. The molecule has 1 heterocycles. The SMILES string of the molecule is O=C(Cn1c(=O)oc2ccccc21)NCCc1ccccc1F. The summed E-state index contributed by atoms with van der Waals surface area (Å²) in [5.41, 5.74) is 1.55. The first kappa shape index (κ1) is 15.0. The van der Waals surface area contributed by atoms with E-state index in [1.165, 1.54) is 10.6 Å². The summed E-state index contributed by atoms with van der Waals surface area (Å²) < 4.78 is 19.8. The van der Waals surface area contributed by atoms with Gasteiger partial charge in [0.05, 0.1) is 5.52 Å².